The number of nitrogens with zero attached hydrogens (tertiary/aromatic N) is 1. The molecule has 0 aliphatic carbocycles. The third kappa shape index (κ3) is 7.54. The van der Waals surface area contributed by atoms with Crippen LogP contribution in [0.15, 0.2) is 91.5 Å². The average molecular weight is 486 g/mol. The van der Waals surface area contributed by atoms with Crippen LogP contribution in [0.1, 0.15) is 67.8 Å². The van der Waals surface area contributed by atoms with Gasteiger partial charge in [0.25, 0.3) is 0 Å². The first-order valence-corrected chi connectivity index (χ1v) is 12.7. The molecule has 1 unspecified atom stereocenters. The molecule has 5 nitrogen and oxygen atoms in total. The van der Waals surface area contributed by atoms with E-state index in [4.69, 9.17) is 4.84 Å². The highest BCUT2D eigenvalue weighted by atomic mass is 16.7. The second-order valence-electron chi connectivity index (χ2n) is 9.53. The van der Waals surface area contributed by atoms with Crippen LogP contribution in [-0.4, -0.2) is 24.2 Å². The van der Waals surface area contributed by atoms with Gasteiger partial charge >= 0.3 is 6.03 Å². The quantitative estimate of drug-likeness (QED) is 0.207. The van der Waals surface area contributed by atoms with Crippen molar-refractivity contribution in [2.24, 2.45) is 0 Å². The van der Waals surface area contributed by atoms with E-state index < -0.39 is 0 Å². The van der Waals surface area contributed by atoms with Crippen LogP contribution in [-0.2, 0) is 11.4 Å². The van der Waals surface area contributed by atoms with Gasteiger partial charge in [0.15, 0.2) is 0 Å². The summed E-state index contributed by atoms with van der Waals surface area (Å²) in [5.74, 6) is 0.594. The molecule has 0 saturated heterocycles. The Morgan fingerprint density at radius 1 is 0.889 bits per heavy atom. The molecule has 2 N–H and O–H groups in total. The molecule has 3 aromatic rings. The number of hydrogen-bond acceptors (Lipinski definition) is 3. The molecule has 0 aliphatic heterocycles. The Balaban J connectivity index is 1.78. The summed E-state index contributed by atoms with van der Waals surface area (Å²) in [7, 11) is 0. The minimum Gasteiger partial charge on any atom is -0.336 e. The van der Waals surface area contributed by atoms with Crippen molar-refractivity contribution in [2.45, 2.75) is 52.2 Å². The normalized spacial score (nSPS) is 12.1. The zero-order chi connectivity index (χ0) is 25.9. The Morgan fingerprint density at radius 3 is 2.03 bits per heavy atom. The van der Waals surface area contributed by atoms with Crippen molar-refractivity contribution in [1.82, 2.24) is 10.4 Å². The van der Waals surface area contributed by atoms with Gasteiger partial charge in [-0.1, -0.05) is 113 Å². The molecule has 0 radical (unpaired) electrons. The van der Waals surface area contributed by atoms with Gasteiger partial charge in [0.1, 0.15) is 0 Å². The number of hydroxylamine groups is 2. The largest absolute Gasteiger partial charge is 0.336 e. The van der Waals surface area contributed by atoms with E-state index in [0.29, 0.717) is 31.5 Å². The molecule has 3 rings (SSSR count). The minimum atomic E-state index is -0.229. The van der Waals surface area contributed by atoms with Crippen LogP contribution >= 0.6 is 0 Å². The fourth-order valence-corrected chi connectivity index (χ4v) is 4.23. The first-order chi connectivity index (χ1) is 17.4. The minimum absolute atomic E-state index is 0.191. The van der Waals surface area contributed by atoms with Crippen LogP contribution in [0.25, 0.3) is 0 Å². The molecule has 0 heterocycles. The van der Waals surface area contributed by atoms with Crippen molar-refractivity contribution < 1.29 is 9.63 Å². The maximum atomic E-state index is 13.2. The lowest BCUT2D eigenvalue weighted by molar-refractivity contribution is -0.190. The number of rotatable bonds is 12. The highest BCUT2D eigenvalue weighted by Crippen LogP contribution is 2.32. The first kappa shape index (κ1) is 27.2. The van der Waals surface area contributed by atoms with Gasteiger partial charge in [0.05, 0.1) is 12.6 Å². The molecule has 0 spiro atoms. The maximum Gasteiger partial charge on any atom is 0.319 e. The number of para-hydroxylation sites is 1. The third-order valence-corrected chi connectivity index (χ3v) is 6.15. The number of benzene rings is 3. The summed E-state index contributed by atoms with van der Waals surface area (Å²) in [6.45, 7) is 13.8. The average Bonchev–Trinajstić information content (AvgIpc) is 2.88. The van der Waals surface area contributed by atoms with Gasteiger partial charge in [-0.05, 0) is 34.1 Å². The summed E-state index contributed by atoms with van der Waals surface area (Å²) in [5, 5.41) is 8.13. The lowest BCUT2D eigenvalue weighted by atomic mass is 9.93. The Hall–Kier alpha value is -3.41. The van der Waals surface area contributed by atoms with Crippen LogP contribution in [0.2, 0.25) is 0 Å². The van der Waals surface area contributed by atoms with Crippen molar-refractivity contribution in [3.63, 3.8) is 0 Å². The van der Waals surface area contributed by atoms with E-state index in [1.807, 2.05) is 59.7 Å². The van der Waals surface area contributed by atoms with E-state index in [2.05, 4.69) is 75.2 Å². The number of urea groups is 1. The molecular formula is C31H39N3O2. The van der Waals surface area contributed by atoms with E-state index in [1.165, 1.54) is 0 Å². The number of nitrogens with one attached hydrogen (secondary N) is 2. The first-order valence-electron chi connectivity index (χ1n) is 12.7. The van der Waals surface area contributed by atoms with Gasteiger partial charge in [0.2, 0.25) is 0 Å². The van der Waals surface area contributed by atoms with Crippen LogP contribution in [0.5, 0.6) is 0 Å². The molecule has 36 heavy (non-hydrogen) atoms. The van der Waals surface area contributed by atoms with Gasteiger partial charge < -0.3 is 10.6 Å². The fourth-order valence-electron chi connectivity index (χ4n) is 4.23. The maximum absolute atomic E-state index is 13.2. The topological polar surface area (TPSA) is 53.6 Å². The summed E-state index contributed by atoms with van der Waals surface area (Å²) in [6.07, 6.45) is 1.81. The molecular weight excluding hydrogens is 446 g/mol. The number of anilines is 1. The van der Waals surface area contributed by atoms with Gasteiger partial charge in [0, 0.05) is 18.8 Å². The van der Waals surface area contributed by atoms with E-state index >= 15 is 0 Å². The SMILES string of the molecule is C=CCN(OCc1ccccc1)C(CNC(=O)Nc1c(C(C)C)cccc1C(C)C)c1ccccc1. The van der Waals surface area contributed by atoms with Crippen LogP contribution in [0, 0.1) is 0 Å². The van der Waals surface area contributed by atoms with Crippen molar-refractivity contribution in [3.8, 4) is 0 Å². The summed E-state index contributed by atoms with van der Waals surface area (Å²) in [4.78, 5) is 19.4. The number of carbonyl (C=O) groups is 1. The lowest BCUT2D eigenvalue weighted by Gasteiger charge is -2.31. The number of amides is 2. The molecule has 0 bridgehead atoms. The van der Waals surface area contributed by atoms with Crippen LogP contribution in [0.4, 0.5) is 10.5 Å². The standard InChI is InChI=1S/C31H39N3O2/c1-6-20-34(36-22-25-14-9-7-10-15-25)29(26-16-11-8-12-17-26)21-32-31(35)33-30-27(23(2)3)18-13-19-28(30)24(4)5/h6-19,23-24,29H,1,20-22H2,2-5H3,(H2,32,33,35). The summed E-state index contributed by atoms with van der Waals surface area (Å²) in [6, 6.07) is 26.0. The second-order valence-corrected chi connectivity index (χ2v) is 9.53. The molecule has 3 aromatic carbocycles. The molecule has 0 saturated carbocycles. The zero-order valence-electron chi connectivity index (χ0n) is 21.9. The zero-order valence-corrected chi connectivity index (χ0v) is 21.9. The summed E-state index contributed by atoms with van der Waals surface area (Å²) >= 11 is 0. The Bertz CT molecular complexity index is 1070. The fraction of sp³-hybridized carbons (Fsp3) is 0.323. The van der Waals surface area contributed by atoms with Gasteiger partial charge in [-0.25, -0.2) is 4.79 Å². The molecule has 1 atom stereocenters. The predicted molar refractivity (Wildman–Crippen MR) is 149 cm³/mol. The molecule has 2 amide bonds. The summed E-state index contributed by atoms with van der Waals surface area (Å²) < 4.78 is 0. The molecule has 190 valence electrons. The molecule has 0 aromatic heterocycles. The van der Waals surface area contributed by atoms with E-state index in [0.717, 1.165) is 27.9 Å². The monoisotopic (exact) mass is 485 g/mol. The highest BCUT2D eigenvalue weighted by molar-refractivity contribution is 5.91. The van der Waals surface area contributed by atoms with Crippen LogP contribution < -0.4 is 10.6 Å². The van der Waals surface area contributed by atoms with Crippen LogP contribution in [0.3, 0.4) is 0 Å². The third-order valence-electron chi connectivity index (χ3n) is 6.15. The van der Waals surface area contributed by atoms with E-state index in [9.17, 15) is 4.79 Å². The van der Waals surface area contributed by atoms with E-state index in [-0.39, 0.29) is 12.1 Å². The van der Waals surface area contributed by atoms with Gasteiger partial charge in [-0.3, -0.25) is 4.84 Å². The van der Waals surface area contributed by atoms with Crippen molar-refractivity contribution >= 4 is 11.7 Å². The van der Waals surface area contributed by atoms with Crippen molar-refractivity contribution in [1.29, 1.82) is 0 Å². The van der Waals surface area contributed by atoms with E-state index in [1.54, 1.807) is 0 Å². The number of hydrogen-bond donors (Lipinski definition) is 2. The van der Waals surface area contributed by atoms with Gasteiger partial charge in [-0.2, -0.15) is 5.06 Å². The molecule has 5 heteroatoms. The van der Waals surface area contributed by atoms with Crippen molar-refractivity contribution in [3.05, 3.63) is 114 Å². The second kappa shape index (κ2) is 13.6. The molecule has 0 fully saturated rings. The van der Waals surface area contributed by atoms with Gasteiger partial charge in [-0.15, -0.1) is 6.58 Å². The Labute approximate surface area is 216 Å². The Kier molecular flexibility index (Phi) is 10.3. The highest BCUT2D eigenvalue weighted by Gasteiger charge is 2.22. The summed E-state index contributed by atoms with van der Waals surface area (Å²) in [5.41, 5.74) is 5.30. The predicted octanol–water partition coefficient (Wildman–Crippen LogP) is 7.42. The lowest BCUT2D eigenvalue weighted by Crippen LogP contribution is -2.40. The molecule has 0 aliphatic rings. The number of carbonyl (C=O) groups excluding carboxylic acids is 1. The smallest absolute Gasteiger partial charge is 0.319 e. The van der Waals surface area contributed by atoms with Crippen molar-refractivity contribution in [2.75, 3.05) is 18.4 Å². The Morgan fingerprint density at radius 2 is 1.47 bits per heavy atom.